The van der Waals surface area contributed by atoms with Crippen LogP contribution in [0.3, 0.4) is 0 Å². The predicted octanol–water partition coefficient (Wildman–Crippen LogP) is 1.41. The summed E-state index contributed by atoms with van der Waals surface area (Å²) in [7, 11) is 0. The Morgan fingerprint density at radius 3 is 2.68 bits per heavy atom. The molecule has 1 aromatic heterocycles. The zero-order valence-corrected chi connectivity index (χ0v) is 14.4. The maximum absolute atomic E-state index is 12.1. The van der Waals surface area contributed by atoms with Crippen LogP contribution >= 0.6 is 23.2 Å². The number of amides is 1. The van der Waals surface area contributed by atoms with Crippen LogP contribution < -0.4 is 16.6 Å². The van der Waals surface area contributed by atoms with Crippen LogP contribution in [0.25, 0.3) is 0 Å². The molecular weight excluding hydrogens is 373 g/mol. The molecule has 1 amide bonds. The van der Waals surface area contributed by atoms with Gasteiger partial charge in [-0.05, 0) is 25.1 Å². The number of ether oxygens (including phenoxy) is 1. The minimum absolute atomic E-state index is 0.274. The molecule has 1 atom stereocenters. The first-order chi connectivity index (χ1) is 11.8. The molecule has 0 saturated heterocycles. The van der Waals surface area contributed by atoms with Crippen LogP contribution in [0.5, 0.6) is 0 Å². The molecule has 1 heterocycles. The number of carbonyl (C=O) groups excluding carboxylic acids is 2. The van der Waals surface area contributed by atoms with E-state index in [1.165, 1.54) is 19.1 Å². The van der Waals surface area contributed by atoms with Gasteiger partial charge in [-0.3, -0.25) is 23.9 Å². The molecular formula is C15H13Cl2N3O5. The van der Waals surface area contributed by atoms with E-state index in [2.05, 4.69) is 5.32 Å². The fraction of sp³-hybridized carbons (Fsp3) is 0.200. The Morgan fingerprint density at radius 2 is 2.00 bits per heavy atom. The molecule has 0 saturated carbocycles. The van der Waals surface area contributed by atoms with Crippen LogP contribution in [0.15, 0.2) is 40.1 Å². The lowest BCUT2D eigenvalue weighted by Crippen LogP contribution is -2.35. The smallest absolute Gasteiger partial charge is 0.328 e. The van der Waals surface area contributed by atoms with Crippen molar-refractivity contribution in [2.75, 3.05) is 5.32 Å². The van der Waals surface area contributed by atoms with Crippen molar-refractivity contribution < 1.29 is 14.3 Å². The van der Waals surface area contributed by atoms with Gasteiger partial charge >= 0.3 is 11.7 Å². The second-order valence-electron chi connectivity index (χ2n) is 4.98. The molecule has 2 aromatic rings. The molecule has 25 heavy (non-hydrogen) atoms. The van der Waals surface area contributed by atoms with E-state index < -0.39 is 35.8 Å². The minimum Gasteiger partial charge on any atom is -0.451 e. The van der Waals surface area contributed by atoms with Crippen molar-refractivity contribution in [3.63, 3.8) is 0 Å². The summed E-state index contributed by atoms with van der Waals surface area (Å²) in [5, 5.41) is 3.14. The van der Waals surface area contributed by atoms with Crippen molar-refractivity contribution in [2.45, 2.75) is 19.6 Å². The predicted molar refractivity (Wildman–Crippen MR) is 92.0 cm³/mol. The summed E-state index contributed by atoms with van der Waals surface area (Å²) in [6.07, 6.45) is 0.0137. The summed E-state index contributed by atoms with van der Waals surface area (Å²) >= 11 is 11.8. The van der Waals surface area contributed by atoms with Crippen LogP contribution in [0.1, 0.15) is 6.92 Å². The molecule has 0 aliphatic heterocycles. The van der Waals surface area contributed by atoms with Crippen molar-refractivity contribution >= 4 is 40.8 Å². The van der Waals surface area contributed by atoms with Gasteiger partial charge in [-0.25, -0.2) is 4.79 Å². The second kappa shape index (κ2) is 8.00. The Balaban J connectivity index is 1.98. The fourth-order valence-corrected chi connectivity index (χ4v) is 2.16. The molecule has 10 heteroatoms. The highest BCUT2D eigenvalue weighted by molar-refractivity contribution is 6.35. The van der Waals surface area contributed by atoms with Crippen LogP contribution in [-0.4, -0.2) is 27.5 Å². The maximum Gasteiger partial charge on any atom is 0.328 e. The Kier molecular flexibility index (Phi) is 6.00. The van der Waals surface area contributed by atoms with Crippen molar-refractivity contribution in [1.82, 2.24) is 9.55 Å². The van der Waals surface area contributed by atoms with Crippen molar-refractivity contribution in [3.05, 3.63) is 61.3 Å². The molecule has 132 valence electrons. The number of nitrogens with zero attached hydrogens (tertiary/aromatic N) is 1. The van der Waals surface area contributed by atoms with Gasteiger partial charge in [0.15, 0.2) is 6.10 Å². The third-order valence-electron chi connectivity index (χ3n) is 3.06. The highest BCUT2D eigenvalue weighted by Gasteiger charge is 2.19. The topological polar surface area (TPSA) is 110 Å². The summed E-state index contributed by atoms with van der Waals surface area (Å²) in [6.45, 7) is 0.909. The van der Waals surface area contributed by atoms with E-state index in [9.17, 15) is 19.2 Å². The van der Waals surface area contributed by atoms with Gasteiger partial charge in [0.25, 0.3) is 11.5 Å². The maximum atomic E-state index is 12.1. The molecule has 2 N–H and O–H groups in total. The van der Waals surface area contributed by atoms with Gasteiger partial charge in [0.1, 0.15) is 6.54 Å². The minimum atomic E-state index is -1.14. The molecule has 0 aliphatic carbocycles. The van der Waals surface area contributed by atoms with Crippen LogP contribution in [0.2, 0.25) is 10.0 Å². The Hall–Kier alpha value is -2.58. The number of nitrogens with one attached hydrogen (secondary N) is 2. The summed E-state index contributed by atoms with van der Waals surface area (Å²) in [4.78, 5) is 48.4. The summed E-state index contributed by atoms with van der Waals surface area (Å²) in [5.74, 6) is -1.44. The van der Waals surface area contributed by atoms with Gasteiger partial charge < -0.3 is 10.1 Å². The monoisotopic (exact) mass is 385 g/mol. The van der Waals surface area contributed by atoms with Gasteiger partial charge in [-0.15, -0.1) is 0 Å². The molecule has 0 aliphatic rings. The number of hydrogen-bond donors (Lipinski definition) is 2. The number of hydrogen-bond acceptors (Lipinski definition) is 5. The molecule has 0 unspecified atom stereocenters. The lowest BCUT2D eigenvalue weighted by atomic mass is 10.3. The number of benzene rings is 1. The Morgan fingerprint density at radius 1 is 1.28 bits per heavy atom. The molecule has 0 radical (unpaired) electrons. The summed E-state index contributed by atoms with van der Waals surface area (Å²) in [6, 6.07) is 5.62. The van der Waals surface area contributed by atoms with E-state index in [0.717, 1.165) is 16.8 Å². The lowest BCUT2D eigenvalue weighted by Gasteiger charge is -2.14. The average molecular weight is 386 g/mol. The first kappa shape index (κ1) is 18.8. The zero-order chi connectivity index (χ0) is 18.6. The number of H-pyrrole nitrogens is 1. The van der Waals surface area contributed by atoms with Gasteiger partial charge in [0.05, 0.1) is 10.7 Å². The van der Waals surface area contributed by atoms with Gasteiger partial charge in [-0.2, -0.15) is 0 Å². The molecule has 0 fully saturated rings. The SMILES string of the molecule is C[C@H](OC(=O)Cn1ccc(=O)[nH]c1=O)C(=O)Nc1cc(Cl)ccc1Cl. The van der Waals surface area contributed by atoms with Crippen molar-refractivity contribution in [1.29, 1.82) is 0 Å². The number of aromatic amines is 1. The molecule has 8 nitrogen and oxygen atoms in total. The fourth-order valence-electron chi connectivity index (χ4n) is 1.82. The average Bonchev–Trinajstić information content (AvgIpc) is 2.53. The highest BCUT2D eigenvalue weighted by atomic mass is 35.5. The molecule has 0 spiro atoms. The van der Waals surface area contributed by atoms with Gasteiger partial charge in [0.2, 0.25) is 0 Å². The number of esters is 1. The summed E-state index contributed by atoms with van der Waals surface area (Å²) < 4.78 is 5.91. The number of anilines is 1. The third kappa shape index (κ3) is 5.20. The van der Waals surface area contributed by atoms with Gasteiger partial charge in [-0.1, -0.05) is 23.2 Å². The lowest BCUT2D eigenvalue weighted by molar-refractivity contribution is -0.153. The summed E-state index contributed by atoms with van der Waals surface area (Å²) in [5.41, 5.74) is -1.06. The van der Waals surface area contributed by atoms with Crippen LogP contribution in [0, 0.1) is 0 Å². The van der Waals surface area contributed by atoms with E-state index in [0.29, 0.717) is 5.02 Å². The highest BCUT2D eigenvalue weighted by Crippen LogP contribution is 2.25. The van der Waals surface area contributed by atoms with Crippen molar-refractivity contribution in [2.24, 2.45) is 0 Å². The Bertz CT molecular complexity index is 922. The van der Waals surface area contributed by atoms with Crippen LogP contribution in [0.4, 0.5) is 5.69 Å². The number of halogens is 2. The van der Waals surface area contributed by atoms with E-state index in [1.54, 1.807) is 6.07 Å². The van der Waals surface area contributed by atoms with E-state index in [4.69, 9.17) is 27.9 Å². The number of rotatable bonds is 5. The quantitative estimate of drug-likeness (QED) is 0.756. The largest absolute Gasteiger partial charge is 0.451 e. The molecule has 0 bridgehead atoms. The first-order valence-electron chi connectivity index (χ1n) is 7.01. The first-order valence-corrected chi connectivity index (χ1v) is 7.77. The normalized spacial score (nSPS) is 11.6. The number of aromatic nitrogens is 2. The standard InChI is InChI=1S/C15H13Cl2N3O5/c1-8(14(23)18-11-6-9(16)2-3-10(11)17)25-13(22)7-20-5-4-12(21)19-15(20)24/h2-6,8H,7H2,1H3,(H,18,23)(H,19,21,24)/t8-/m0/s1. The number of carbonyl (C=O) groups is 2. The molecule has 2 rings (SSSR count). The van der Waals surface area contributed by atoms with E-state index in [1.807, 2.05) is 4.98 Å². The zero-order valence-electron chi connectivity index (χ0n) is 12.9. The Labute approximate surface area is 151 Å². The van der Waals surface area contributed by atoms with Crippen LogP contribution in [-0.2, 0) is 20.9 Å². The molecule has 1 aromatic carbocycles. The van der Waals surface area contributed by atoms with Gasteiger partial charge in [0, 0.05) is 17.3 Å². The van der Waals surface area contributed by atoms with E-state index >= 15 is 0 Å². The second-order valence-corrected chi connectivity index (χ2v) is 5.83. The van der Waals surface area contributed by atoms with Crippen molar-refractivity contribution in [3.8, 4) is 0 Å². The van der Waals surface area contributed by atoms with E-state index in [-0.39, 0.29) is 10.7 Å². The third-order valence-corrected chi connectivity index (χ3v) is 3.62.